The molecular weight excluding hydrogens is 355 g/mol. The van der Waals surface area contributed by atoms with Crippen LogP contribution in [-0.4, -0.2) is 0 Å². The molecule has 134 valence electrons. The van der Waals surface area contributed by atoms with Crippen LogP contribution in [0.3, 0.4) is 0 Å². The van der Waals surface area contributed by atoms with Crippen molar-refractivity contribution in [3.8, 4) is 5.75 Å². The van der Waals surface area contributed by atoms with Crippen LogP contribution in [0.2, 0.25) is 0 Å². The number of hydrogen-bond acceptors (Lipinski definition) is 3. The van der Waals surface area contributed by atoms with Crippen molar-refractivity contribution < 1.29 is 13.6 Å². The van der Waals surface area contributed by atoms with Gasteiger partial charge in [0.05, 0.1) is 11.9 Å². The van der Waals surface area contributed by atoms with Crippen molar-refractivity contribution in [2.24, 2.45) is 0 Å². The lowest BCUT2D eigenvalue weighted by molar-refractivity contribution is 0.265. The zero-order valence-corrected chi connectivity index (χ0v) is 15.6. The topological polar surface area (TPSA) is 35.5 Å². The van der Waals surface area contributed by atoms with Gasteiger partial charge in [-0.1, -0.05) is 84.9 Å². The van der Waals surface area contributed by atoms with Crippen molar-refractivity contribution in [2.45, 2.75) is 6.61 Å². The predicted molar refractivity (Wildman–Crippen MR) is 109 cm³/mol. The third-order valence-electron chi connectivity index (χ3n) is 4.28. The van der Waals surface area contributed by atoms with Crippen LogP contribution < -0.4 is 9.83 Å². The van der Waals surface area contributed by atoms with Crippen LogP contribution in [0.25, 0.3) is 10.8 Å². The van der Waals surface area contributed by atoms with Gasteiger partial charge in [-0.25, -0.2) is 4.57 Å². The van der Waals surface area contributed by atoms with Crippen LogP contribution in [-0.2, 0) is 15.7 Å². The molecule has 4 heteroatoms. The SMILES string of the molecule is O=[P@@](OCc1ccccc1)(Oc1cccc2ccccc12)c1ccccc1. The molecule has 0 amide bonds. The van der Waals surface area contributed by atoms with Gasteiger partial charge in [-0.3, -0.25) is 4.52 Å². The minimum absolute atomic E-state index is 0.206. The summed E-state index contributed by atoms with van der Waals surface area (Å²) in [6, 6.07) is 32.3. The third-order valence-corrected chi connectivity index (χ3v) is 6.12. The van der Waals surface area contributed by atoms with Crippen LogP contribution in [0.15, 0.2) is 103 Å². The van der Waals surface area contributed by atoms with Crippen molar-refractivity contribution >= 4 is 23.7 Å². The van der Waals surface area contributed by atoms with E-state index in [4.69, 9.17) is 9.05 Å². The van der Waals surface area contributed by atoms with Crippen LogP contribution in [0.4, 0.5) is 0 Å². The van der Waals surface area contributed by atoms with E-state index in [-0.39, 0.29) is 6.61 Å². The lowest BCUT2D eigenvalue weighted by atomic mass is 10.1. The van der Waals surface area contributed by atoms with Gasteiger partial charge in [-0.2, -0.15) is 0 Å². The fourth-order valence-electron chi connectivity index (χ4n) is 2.90. The molecule has 0 radical (unpaired) electrons. The van der Waals surface area contributed by atoms with Crippen molar-refractivity contribution in [3.63, 3.8) is 0 Å². The van der Waals surface area contributed by atoms with E-state index >= 15 is 0 Å². The normalized spacial score (nSPS) is 13.2. The lowest BCUT2D eigenvalue weighted by Gasteiger charge is -2.20. The standard InChI is InChI=1S/C23H19O3P/c24-27(21-14-5-2-6-15-21,25-18-19-10-3-1-4-11-19)26-23-17-9-13-20-12-7-8-16-22(20)23/h1-17H,18H2/t27-/m0/s1. The zero-order valence-electron chi connectivity index (χ0n) is 14.7. The first-order chi connectivity index (χ1) is 13.2. The van der Waals surface area contributed by atoms with Crippen molar-refractivity contribution in [2.75, 3.05) is 0 Å². The molecule has 0 aliphatic rings. The summed E-state index contributed by atoms with van der Waals surface area (Å²) in [7, 11) is -3.56. The molecule has 0 aromatic heterocycles. The second-order valence-electron chi connectivity index (χ2n) is 6.16. The molecule has 4 aromatic carbocycles. The van der Waals surface area contributed by atoms with Gasteiger partial charge in [-0.05, 0) is 29.1 Å². The Labute approximate surface area is 158 Å². The second kappa shape index (κ2) is 7.79. The molecule has 0 spiro atoms. The summed E-state index contributed by atoms with van der Waals surface area (Å²) in [5.74, 6) is 0.549. The first kappa shape index (κ1) is 17.5. The van der Waals surface area contributed by atoms with Gasteiger partial charge in [0, 0.05) is 5.39 Å². The Morgan fingerprint density at radius 3 is 2.07 bits per heavy atom. The number of fused-ring (bicyclic) bond motifs is 1. The highest BCUT2D eigenvalue weighted by atomic mass is 31.2. The zero-order chi connectivity index (χ0) is 18.5. The average Bonchev–Trinajstić information content (AvgIpc) is 2.74. The van der Waals surface area contributed by atoms with E-state index in [9.17, 15) is 4.57 Å². The summed E-state index contributed by atoms with van der Waals surface area (Å²) in [6.07, 6.45) is 0. The Kier molecular flexibility index (Phi) is 5.06. The minimum Gasteiger partial charge on any atom is -0.421 e. The predicted octanol–water partition coefficient (Wildman–Crippen LogP) is 5.95. The van der Waals surface area contributed by atoms with Gasteiger partial charge in [0.2, 0.25) is 0 Å². The fourth-order valence-corrected chi connectivity index (χ4v) is 4.48. The summed E-state index contributed by atoms with van der Waals surface area (Å²) in [4.78, 5) is 0. The van der Waals surface area contributed by atoms with E-state index in [1.807, 2.05) is 91.0 Å². The molecule has 0 N–H and O–H groups in total. The Bertz CT molecular complexity index is 1070. The molecule has 0 aliphatic carbocycles. The molecule has 0 fully saturated rings. The van der Waals surface area contributed by atoms with E-state index in [2.05, 4.69) is 0 Å². The first-order valence-electron chi connectivity index (χ1n) is 8.76. The molecular formula is C23H19O3P. The summed E-state index contributed by atoms with van der Waals surface area (Å²) in [6.45, 7) is 0.206. The van der Waals surface area contributed by atoms with Crippen LogP contribution in [0, 0.1) is 0 Å². The second-order valence-corrected chi connectivity index (χ2v) is 8.11. The highest BCUT2D eigenvalue weighted by Crippen LogP contribution is 2.49. The van der Waals surface area contributed by atoms with Gasteiger partial charge >= 0.3 is 7.60 Å². The highest BCUT2D eigenvalue weighted by Gasteiger charge is 2.30. The Balaban J connectivity index is 1.70. The maximum absolute atomic E-state index is 13.8. The maximum atomic E-state index is 13.8. The Hall–Kier alpha value is -2.87. The van der Waals surface area contributed by atoms with E-state index in [1.165, 1.54) is 0 Å². The molecule has 4 aromatic rings. The van der Waals surface area contributed by atoms with Gasteiger partial charge in [0.1, 0.15) is 5.75 Å². The lowest BCUT2D eigenvalue weighted by Crippen LogP contribution is -2.12. The molecule has 0 saturated carbocycles. The largest absolute Gasteiger partial charge is 0.421 e. The van der Waals surface area contributed by atoms with Crippen LogP contribution in [0.1, 0.15) is 5.56 Å². The van der Waals surface area contributed by atoms with Crippen LogP contribution >= 0.6 is 7.60 Å². The summed E-state index contributed by atoms with van der Waals surface area (Å²) >= 11 is 0. The fraction of sp³-hybridized carbons (Fsp3) is 0.0435. The van der Waals surface area contributed by atoms with Gasteiger partial charge in [0.15, 0.2) is 0 Å². The van der Waals surface area contributed by atoms with Crippen LogP contribution in [0.5, 0.6) is 5.75 Å². The van der Waals surface area contributed by atoms with E-state index in [1.54, 1.807) is 12.1 Å². The van der Waals surface area contributed by atoms with E-state index < -0.39 is 7.60 Å². The van der Waals surface area contributed by atoms with Crippen molar-refractivity contribution in [1.82, 2.24) is 0 Å². The maximum Gasteiger partial charge on any atom is 0.411 e. The van der Waals surface area contributed by atoms with Crippen molar-refractivity contribution in [3.05, 3.63) is 109 Å². The Morgan fingerprint density at radius 2 is 1.30 bits per heavy atom. The average molecular weight is 374 g/mol. The monoisotopic (exact) mass is 374 g/mol. The number of hydrogen-bond donors (Lipinski definition) is 0. The van der Waals surface area contributed by atoms with E-state index in [0.717, 1.165) is 16.3 Å². The molecule has 0 aliphatic heterocycles. The number of rotatable bonds is 6. The molecule has 0 saturated heterocycles. The summed E-state index contributed by atoms with van der Waals surface area (Å²) in [5.41, 5.74) is 0.940. The van der Waals surface area contributed by atoms with Gasteiger partial charge in [0.25, 0.3) is 0 Å². The highest BCUT2D eigenvalue weighted by molar-refractivity contribution is 7.62. The Morgan fingerprint density at radius 1 is 0.667 bits per heavy atom. The molecule has 0 unspecified atom stereocenters. The molecule has 1 atom stereocenters. The minimum atomic E-state index is -3.56. The summed E-state index contributed by atoms with van der Waals surface area (Å²) in [5, 5.41) is 2.46. The number of benzene rings is 4. The molecule has 0 heterocycles. The summed E-state index contributed by atoms with van der Waals surface area (Å²) < 4.78 is 25.7. The van der Waals surface area contributed by atoms with Crippen molar-refractivity contribution in [1.29, 1.82) is 0 Å². The van der Waals surface area contributed by atoms with Gasteiger partial charge in [-0.15, -0.1) is 0 Å². The third kappa shape index (κ3) is 3.95. The molecule has 0 bridgehead atoms. The molecule has 3 nitrogen and oxygen atoms in total. The smallest absolute Gasteiger partial charge is 0.411 e. The molecule has 4 rings (SSSR count). The van der Waals surface area contributed by atoms with E-state index in [0.29, 0.717) is 11.1 Å². The quantitative estimate of drug-likeness (QED) is 0.391. The molecule has 27 heavy (non-hydrogen) atoms. The van der Waals surface area contributed by atoms with Gasteiger partial charge < -0.3 is 4.52 Å². The first-order valence-corrected chi connectivity index (χ1v) is 10.3.